The van der Waals surface area contributed by atoms with Gasteiger partial charge in [-0.2, -0.15) is 0 Å². The summed E-state index contributed by atoms with van der Waals surface area (Å²) in [5, 5.41) is 1.94. The SMILES string of the molecule is C#C/C(=C\C=NC)c1cc(C(=O)N2CCCC3CCCCC32)cs1.CC. The van der Waals surface area contributed by atoms with Gasteiger partial charge in [-0.15, -0.1) is 17.8 Å². The molecule has 2 unspecified atom stereocenters. The molecular weight excluding hydrogens is 340 g/mol. The van der Waals surface area contributed by atoms with Gasteiger partial charge in [-0.1, -0.05) is 32.6 Å². The molecule has 1 aromatic rings. The molecule has 1 aromatic heterocycles. The Morgan fingerprint density at radius 1 is 1.31 bits per heavy atom. The van der Waals surface area contributed by atoms with Crippen LogP contribution in [-0.4, -0.2) is 36.7 Å². The first kappa shape index (κ1) is 20.5. The topological polar surface area (TPSA) is 32.7 Å². The number of aliphatic imine (C=N–C) groups is 1. The Morgan fingerprint density at radius 2 is 2.04 bits per heavy atom. The molecule has 0 aromatic carbocycles. The van der Waals surface area contributed by atoms with Gasteiger partial charge in [0, 0.05) is 41.7 Å². The maximum Gasteiger partial charge on any atom is 0.254 e. The van der Waals surface area contributed by atoms with Crippen molar-refractivity contribution >= 4 is 29.0 Å². The van der Waals surface area contributed by atoms with Crippen LogP contribution in [0.2, 0.25) is 0 Å². The number of terminal acetylenes is 1. The number of allylic oxidation sites excluding steroid dienone is 2. The Balaban J connectivity index is 0.00000117. The van der Waals surface area contributed by atoms with Gasteiger partial charge in [-0.05, 0) is 43.7 Å². The Morgan fingerprint density at radius 3 is 2.77 bits per heavy atom. The average Bonchev–Trinajstić information content (AvgIpc) is 3.19. The van der Waals surface area contributed by atoms with Crippen LogP contribution in [0.3, 0.4) is 0 Å². The van der Waals surface area contributed by atoms with Gasteiger partial charge >= 0.3 is 0 Å². The van der Waals surface area contributed by atoms with Gasteiger partial charge < -0.3 is 4.90 Å². The number of carbonyl (C=O) groups excluding carboxylic acids is 1. The summed E-state index contributed by atoms with van der Waals surface area (Å²) in [5.74, 6) is 3.57. The maximum absolute atomic E-state index is 13.0. The molecule has 4 heteroatoms. The molecule has 140 valence electrons. The molecule has 1 aliphatic carbocycles. The molecule has 0 radical (unpaired) electrons. The predicted molar refractivity (Wildman–Crippen MR) is 113 cm³/mol. The van der Waals surface area contributed by atoms with E-state index in [9.17, 15) is 4.79 Å². The van der Waals surface area contributed by atoms with E-state index in [1.807, 2.05) is 31.4 Å². The van der Waals surface area contributed by atoms with Crippen molar-refractivity contribution in [2.45, 2.75) is 58.4 Å². The lowest BCUT2D eigenvalue weighted by molar-refractivity contribution is 0.0391. The molecule has 0 N–H and O–H groups in total. The zero-order valence-corrected chi connectivity index (χ0v) is 17.0. The molecule has 0 spiro atoms. The Bertz CT molecular complexity index is 693. The van der Waals surface area contributed by atoms with E-state index in [1.54, 1.807) is 13.3 Å². The van der Waals surface area contributed by atoms with E-state index in [0.29, 0.717) is 12.0 Å². The second-order valence-electron chi connectivity index (χ2n) is 6.58. The normalized spacial score (nSPS) is 23.0. The molecule has 3 nitrogen and oxygen atoms in total. The predicted octanol–water partition coefficient (Wildman–Crippen LogP) is 5.29. The fourth-order valence-electron chi connectivity index (χ4n) is 3.98. The van der Waals surface area contributed by atoms with Gasteiger partial charge in [0.25, 0.3) is 5.91 Å². The summed E-state index contributed by atoms with van der Waals surface area (Å²) in [5.41, 5.74) is 1.55. The van der Waals surface area contributed by atoms with Gasteiger partial charge in [0.15, 0.2) is 0 Å². The van der Waals surface area contributed by atoms with Crippen molar-refractivity contribution in [3.05, 3.63) is 28.0 Å². The van der Waals surface area contributed by atoms with E-state index in [0.717, 1.165) is 35.4 Å². The van der Waals surface area contributed by atoms with Crippen LogP contribution in [-0.2, 0) is 0 Å². The van der Waals surface area contributed by atoms with Crippen LogP contribution in [0, 0.1) is 18.3 Å². The van der Waals surface area contributed by atoms with Crippen LogP contribution in [0.1, 0.15) is 67.6 Å². The van der Waals surface area contributed by atoms with Crippen molar-refractivity contribution in [3.63, 3.8) is 0 Å². The van der Waals surface area contributed by atoms with E-state index in [2.05, 4.69) is 15.8 Å². The van der Waals surface area contributed by atoms with Crippen molar-refractivity contribution in [1.29, 1.82) is 0 Å². The molecule has 0 bridgehead atoms. The van der Waals surface area contributed by atoms with Crippen LogP contribution < -0.4 is 0 Å². The second kappa shape index (κ2) is 10.3. The van der Waals surface area contributed by atoms with Crippen molar-refractivity contribution in [1.82, 2.24) is 4.90 Å². The van der Waals surface area contributed by atoms with E-state index in [1.165, 1.54) is 37.0 Å². The van der Waals surface area contributed by atoms with Crippen molar-refractivity contribution in [2.24, 2.45) is 10.9 Å². The highest BCUT2D eigenvalue weighted by atomic mass is 32.1. The molecule has 2 heterocycles. The second-order valence-corrected chi connectivity index (χ2v) is 7.50. The molecule has 3 rings (SSSR count). The van der Waals surface area contributed by atoms with Crippen LogP contribution in [0.25, 0.3) is 5.57 Å². The molecule has 2 atom stereocenters. The largest absolute Gasteiger partial charge is 0.335 e. The lowest BCUT2D eigenvalue weighted by Crippen LogP contribution is -2.49. The van der Waals surface area contributed by atoms with Gasteiger partial charge in [0.1, 0.15) is 0 Å². The molecule has 1 saturated heterocycles. The summed E-state index contributed by atoms with van der Waals surface area (Å²) in [7, 11) is 1.71. The monoisotopic (exact) mass is 370 g/mol. The third kappa shape index (κ3) is 4.65. The fourth-order valence-corrected chi connectivity index (χ4v) is 4.85. The number of fused-ring (bicyclic) bond motifs is 1. The highest BCUT2D eigenvalue weighted by molar-refractivity contribution is 7.11. The minimum Gasteiger partial charge on any atom is -0.335 e. The third-order valence-corrected chi connectivity index (χ3v) is 6.13. The fraction of sp³-hybridized carbons (Fsp3) is 0.545. The quantitative estimate of drug-likeness (QED) is 0.526. The van der Waals surface area contributed by atoms with Crippen LogP contribution >= 0.6 is 11.3 Å². The summed E-state index contributed by atoms with van der Waals surface area (Å²) in [6, 6.07) is 2.38. The molecular formula is C22H30N2OS. The first-order chi connectivity index (χ1) is 12.7. The molecule has 1 saturated carbocycles. The van der Waals surface area contributed by atoms with E-state index < -0.39 is 0 Å². The van der Waals surface area contributed by atoms with Crippen molar-refractivity contribution in [3.8, 4) is 12.3 Å². The number of hydrogen-bond donors (Lipinski definition) is 0. The van der Waals surface area contributed by atoms with Crippen molar-refractivity contribution < 1.29 is 4.79 Å². The Labute approximate surface area is 162 Å². The lowest BCUT2D eigenvalue weighted by atomic mass is 9.78. The number of hydrogen-bond acceptors (Lipinski definition) is 3. The van der Waals surface area contributed by atoms with Crippen molar-refractivity contribution in [2.75, 3.05) is 13.6 Å². The van der Waals surface area contributed by atoms with Crippen LogP contribution in [0.15, 0.2) is 22.5 Å². The third-order valence-electron chi connectivity index (χ3n) is 5.16. The van der Waals surface area contributed by atoms with Gasteiger partial charge in [0.05, 0.1) is 5.56 Å². The first-order valence-electron chi connectivity index (χ1n) is 9.73. The standard InChI is InChI=1S/C20H24N2OS.C2H6/c1-3-15(10-11-21-2)19-13-17(14-24-19)20(23)22-12-6-8-16-7-4-5-9-18(16)22;1-2/h1,10-11,13-14,16,18H,4-9,12H2,2H3;1-2H3/b15-10+,21-11?;. The lowest BCUT2D eigenvalue weighted by Gasteiger charge is -2.44. The van der Waals surface area contributed by atoms with E-state index in [-0.39, 0.29) is 5.91 Å². The number of rotatable bonds is 3. The Kier molecular flexibility index (Phi) is 8.12. The van der Waals surface area contributed by atoms with E-state index >= 15 is 0 Å². The number of amides is 1. The highest BCUT2D eigenvalue weighted by Crippen LogP contribution is 2.36. The minimum absolute atomic E-state index is 0.176. The zero-order chi connectivity index (χ0) is 18.9. The molecule has 1 aliphatic heterocycles. The number of nitrogens with zero attached hydrogens (tertiary/aromatic N) is 2. The number of carbonyl (C=O) groups is 1. The average molecular weight is 371 g/mol. The highest BCUT2D eigenvalue weighted by Gasteiger charge is 2.36. The summed E-state index contributed by atoms with van der Waals surface area (Å²) < 4.78 is 0. The summed E-state index contributed by atoms with van der Waals surface area (Å²) >= 11 is 1.53. The molecule has 26 heavy (non-hydrogen) atoms. The zero-order valence-electron chi connectivity index (χ0n) is 16.2. The summed E-state index contributed by atoms with van der Waals surface area (Å²) in [6.45, 7) is 4.89. The Hall–Kier alpha value is -1.86. The van der Waals surface area contributed by atoms with Crippen LogP contribution in [0.4, 0.5) is 0 Å². The maximum atomic E-state index is 13.0. The summed E-state index contributed by atoms with van der Waals surface area (Å²) in [6.07, 6.45) is 16.5. The number of piperidine rings is 1. The first-order valence-corrected chi connectivity index (χ1v) is 10.6. The molecule has 2 fully saturated rings. The number of thiophene rings is 1. The van der Waals surface area contributed by atoms with E-state index in [4.69, 9.17) is 6.42 Å². The van der Waals surface area contributed by atoms with Gasteiger partial charge in [-0.3, -0.25) is 9.79 Å². The molecule has 2 aliphatic rings. The number of likely N-dealkylation sites (tertiary alicyclic amines) is 1. The smallest absolute Gasteiger partial charge is 0.254 e. The van der Waals surface area contributed by atoms with Gasteiger partial charge in [-0.25, -0.2) is 0 Å². The van der Waals surface area contributed by atoms with Crippen LogP contribution in [0.5, 0.6) is 0 Å². The van der Waals surface area contributed by atoms with Gasteiger partial charge in [0.2, 0.25) is 0 Å². The minimum atomic E-state index is 0.176. The summed E-state index contributed by atoms with van der Waals surface area (Å²) in [4.78, 5) is 20.1. The molecule has 1 amide bonds.